The molecule has 5 nitrogen and oxygen atoms in total. The van der Waals surface area contributed by atoms with E-state index in [-0.39, 0.29) is 0 Å². The maximum absolute atomic E-state index is 4.07. The van der Waals surface area contributed by atoms with Gasteiger partial charge in [0, 0.05) is 6.54 Å². The summed E-state index contributed by atoms with van der Waals surface area (Å²) in [5, 5.41) is 15.2. The first-order chi connectivity index (χ1) is 9.24. The minimum atomic E-state index is 0.772. The predicted octanol–water partition coefficient (Wildman–Crippen LogP) is 2.78. The van der Waals surface area contributed by atoms with Crippen molar-refractivity contribution in [3.8, 4) is 0 Å². The SMILES string of the molecule is CCCNCc1nnnn1CCCCCCC(C)C. The van der Waals surface area contributed by atoms with Crippen LogP contribution in [0.2, 0.25) is 0 Å². The number of nitrogens with zero attached hydrogens (tertiary/aromatic N) is 4. The highest BCUT2D eigenvalue weighted by Gasteiger charge is 2.04. The second-order valence-corrected chi connectivity index (χ2v) is 5.59. The number of unbranched alkanes of at least 4 members (excludes halogenated alkanes) is 3. The molecule has 1 aromatic heterocycles. The molecular formula is C14H29N5. The number of hydrogen-bond donors (Lipinski definition) is 1. The molecular weight excluding hydrogens is 238 g/mol. The van der Waals surface area contributed by atoms with Gasteiger partial charge in [0.25, 0.3) is 0 Å². The molecule has 5 heteroatoms. The number of hydrogen-bond acceptors (Lipinski definition) is 4. The van der Waals surface area contributed by atoms with Gasteiger partial charge in [-0.3, -0.25) is 0 Å². The number of rotatable bonds is 11. The van der Waals surface area contributed by atoms with Crippen LogP contribution in [0.3, 0.4) is 0 Å². The monoisotopic (exact) mass is 267 g/mol. The van der Waals surface area contributed by atoms with Gasteiger partial charge in [0.1, 0.15) is 0 Å². The van der Waals surface area contributed by atoms with E-state index in [9.17, 15) is 0 Å². The highest BCUT2D eigenvalue weighted by molar-refractivity contribution is 4.79. The van der Waals surface area contributed by atoms with E-state index < -0.39 is 0 Å². The molecule has 0 aliphatic heterocycles. The first kappa shape index (κ1) is 16.1. The number of aryl methyl sites for hydroxylation is 1. The lowest BCUT2D eigenvalue weighted by Crippen LogP contribution is -2.18. The molecule has 19 heavy (non-hydrogen) atoms. The second-order valence-electron chi connectivity index (χ2n) is 5.59. The summed E-state index contributed by atoms with van der Waals surface area (Å²) >= 11 is 0. The smallest absolute Gasteiger partial charge is 0.165 e. The second kappa shape index (κ2) is 9.89. The van der Waals surface area contributed by atoms with E-state index >= 15 is 0 Å². The molecule has 0 spiro atoms. The molecule has 0 aliphatic rings. The lowest BCUT2D eigenvalue weighted by atomic mass is 10.0. The van der Waals surface area contributed by atoms with E-state index in [1.54, 1.807) is 0 Å². The fourth-order valence-electron chi connectivity index (χ4n) is 2.07. The highest BCUT2D eigenvalue weighted by Crippen LogP contribution is 2.10. The molecule has 110 valence electrons. The van der Waals surface area contributed by atoms with Gasteiger partial charge in [-0.15, -0.1) is 5.10 Å². The third kappa shape index (κ3) is 7.25. The molecule has 0 saturated heterocycles. The number of aromatic nitrogens is 4. The summed E-state index contributed by atoms with van der Waals surface area (Å²) in [6.45, 7) is 9.47. The Balaban J connectivity index is 2.13. The molecule has 0 aliphatic carbocycles. The molecule has 0 bridgehead atoms. The minimum Gasteiger partial charge on any atom is -0.310 e. The maximum atomic E-state index is 4.07. The fraction of sp³-hybridized carbons (Fsp3) is 0.929. The molecule has 1 rings (SSSR count). The van der Waals surface area contributed by atoms with Crippen molar-refractivity contribution in [3.63, 3.8) is 0 Å². The normalized spacial score (nSPS) is 11.4. The van der Waals surface area contributed by atoms with Crippen LogP contribution in [0.4, 0.5) is 0 Å². The van der Waals surface area contributed by atoms with Crippen LogP contribution < -0.4 is 5.32 Å². The first-order valence-electron chi connectivity index (χ1n) is 7.69. The van der Waals surface area contributed by atoms with Gasteiger partial charge in [0.15, 0.2) is 5.82 Å². The van der Waals surface area contributed by atoms with Gasteiger partial charge in [-0.2, -0.15) is 0 Å². The van der Waals surface area contributed by atoms with Crippen LogP contribution >= 0.6 is 0 Å². The summed E-state index contributed by atoms with van der Waals surface area (Å²) in [5.41, 5.74) is 0. The van der Waals surface area contributed by atoms with Crippen molar-refractivity contribution in [2.75, 3.05) is 6.54 Å². The third-order valence-electron chi connectivity index (χ3n) is 3.22. The van der Waals surface area contributed by atoms with Crippen molar-refractivity contribution in [1.29, 1.82) is 0 Å². The van der Waals surface area contributed by atoms with Gasteiger partial charge >= 0.3 is 0 Å². The Labute approximate surface area is 117 Å². The Kier molecular flexibility index (Phi) is 8.38. The lowest BCUT2D eigenvalue weighted by molar-refractivity contribution is 0.477. The van der Waals surface area contributed by atoms with Crippen molar-refractivity contribution < 1.29 is 0 Å². The van der Waals surface area contributed by atoms with E-state index in [0.29, 0.717) is 0 Å². The van der Waals surface area contributed by atoms with Crippen LogP contribution in [0, 0.1) is 5.92 Å². The van der Waals surface area contributed by atoms with Gasteiger partial charge in [-0.05, 0) is 35.7 Å². The topological polar surface area (TPSA) is 55.6 Å². The third-order valence-corrected chi connectivity index (χ3v) is 3.22. The Morgan fingerprint density at radius 2 is 1.95 bits per heavy atom. The fourth-order valence-corrected chi connectivity index (χ4v) is 2.07. The molecule has 1 aromatic rings. The molecule has 0 radical (unpaired) electrons. The van der Waals surface area contributed by atoms with E-state index in [2.05, 4.69) is 41.6 Å². The first-order valence-corrected chi connectivity index (χ1v) is 7.69. The predicted molar refractivity (Wildman–Crippen MR) is 77.7 cm³/mol. The van der Waals surface area contributed by atoms with E-state index in [1.807, 2.05) is 4.68 Å². The highest BCUT2D eigenvalue weighted by atomic mass is 15.5. The van der Waals surface area contributed by atoms with Crippen LogP contribution in [-0.4, -0.2) is 26.8 Å². The minimum absolute atomic E-state index is 0.772. The van der Waals surface area contributed by atoms with Crippen molar-refractivity contribution in [2.45, 2.75) is 72.4 Å². The number of tetrazole rings is 1. The quantitative estimate of drug-likeness (QED) is 0.626. The van der Waals surface area contributed by atoms with Gasteiger partial charge < -0.3 is 5.32 Å². The van der Waals surface area contributed by atoms with E-state index in [0.717, 1.165) is 37.8 Å². The molecule has 0 atom stereocenters. The average Bonchev–Trinajstić information content (AvgIpc) is 2.81. The Morgan fingerprint density at radius 3 is 2.68 bits per heavy atom. The van der Waals surface area contributed by atoms with Crippen LogP contribution in [0.1, 0.15) is 65.1 Å². The van der Waals surface area contributed by atoms with Crippen molar-refractivity contribution in [2.24, 2.45) is 5.92 Å². The molecule has 0 aromatic carbocycles. The van der Waals surface area contributed by atoms with Gasteiger partial charge in [0.2, 0.25) is 0 Å². The lowest BCUT2D eigenvalue weighted by Gasteiger charge is -2.06. The van der Waals surface area contributed by atoms with E-state index in [4.69, 9.17) is 0 Å². The Hall–Kier alpha value is -0.970. The average molecular weight is 267 g/mol. The standard InChI is InChI=1S/C14H29N5/c1-4-10-15-12-14-16-17-18-19(14)11-8-6-5-7-9-13(2)3/h13,15H,4-12H2,1-3H3. The molecule has 0 unspecified atom stereocenters. The van der Waals surface area contributed by atoms with Crippen LogP contribution in [-0.2, 0) is 13.1 Å². The number of nitrogens with one attached hydrogen (secondary N) is 1. The molecule has 1 N–H and O–H groups in total. The van der Waals surface area contributed by atoms with Crippen molar-refractivity contribution in [3.05, 3.63) is 5.82 Å². The molecule has 1 heterocycles. The summed E-state index contributed by atoms with van der Waals surface area (Å²) in [5.74, 6) is 1.78. The summed E-state index contributed by atoms with van der Waals surface area (Å²) in [7, 11) is 0. The molecule has 0 fully saturated rings. The zero-order chi connectivity index (χ0) is 13.9. The van der Waals surface area contributed by atoms with Crippen LogP contribution in [0.5, 0.6) is 0 Å². The van der Waals surface area contributed by atoms with Gasteiger partial charge in [0.05, 0.1) is 6.54 Å². The zero-order valence-corrected chi connectivity index (χ0v) is 12.7. The molecule has 0 saturated carbocycles. The van der Waals surface area contributed by atoms with Crippen molar-refractivity contribution >= 4 is 0 Å². The van der Waals surface area contributed by atoms with Crippen LogP contribution in [0.15, 0.2) is 0 Å². The Morgan fingerprint density at radius 1 is 1.16 bits per heavy atom. The summed E-state index contributed by atoms with van der Waals surface area (Å²) in [4.78, 5) is 0. The summed E-state index contributed by atoms with van der Waals surface area (Å²) in [6.07, 6.45) is 7.59. The zero-order valence-electron chi connectivity index (χ0n) is 12.7. The van der Waals surface area contributed by atoms with Gasteiger partial charge in [-0.1, -0.05) is 46.5 Å². The Bertz CT molecular complexity index is 321. The molecule has 0 amide bonds. The summed E-state index contributed by atoms with van der Waals surface area (Å²) < 4.78 is 1.94. The summed E-state index contributed by atoms with van der Waals surface area (Å²) in [6, 6.07) is 0. The maximum Gasteiger partial charge on any atom is 0.165 e. The van der Waals surface area contributed by atoms with Crippen LogP contribution in [0.25, 0.3) is 0 Å². The van der Waals surface area contributed by atoms with Gasteiger partial charge in [-0.25, -0.2) is 4.68 Å². The largest absolute Gasteiger partial charge is 0.310 e. The van der Waals surface area contributed by atoms with Crippen molar-refractivity contribution in [1.82, 2.24) is 25.5 Å². The van der Waals surface area contributed by atoms with E-state index in [1.165, 1.54) is 32.1 Å².